The predicted molar refractivity (Wildman–Crippen MR) is 94.1 cm³/mol. The van der Waals surface area contributed by atoms with Crippen LogP contribution in [0.25, 0.3) is 0 Å². The average Bonchev–Trinajstić information content (AvgIpc) is 2.67. The molecule has 2 aromatic carbocycles. The van der Waals surface area contributed by atoms with Crippen molar-refractivity contribution in [2.75, 3.05) is 14.2 Å². The van der Waals surface area contributed by atoms with Crippen LogP contribution in [0.4, 0.5) is 11.4 Å². The van der Waals surface area contributed by atoms with Crippen molar-refractivity contribution in [1.29, 1.82) is 0 Å². The van der Waals surface area contributed by atoms with Gasteiger partial charge < -0.3 is 14.6 Å². The van der Waals surface area contributed by atoms with Crippen LogP contribution in [-0.4, -0.2) is 37.2 Å². The first kappa shape index (κ1) is 18.2. The molecular weight excluding hydrogens is 352 g/mol. The molecule has 3 rings (SSSR count). The van der Waals surface area contributed by atoms with Crippen LogP contribution < -0.4 is 0 Å². The number of aryl methyl sites for hydroxylation is 2. The number of methoxy groups -OCH3 is 2. The quantitative estimate of drug-likeness (QED) is 0.830. The van der Waals surface area contributed by atoms with E-state index in [4.69, 9.17) is 14.6 Å². The van der Waals surface area contributed by atoms with Crippen molar-refractivity contribution in [3.8, 4) is 0 Å². The largest absolute Gasteiger partial charge is 0.478 e. The van der Waals surface area contributed by atoms with E-state index in [2.05, 4.69) is 10.2 Å². The Balaban J connectivity index is 2.12. The van der Waals surface area contributed by atoms with E-state index in [9.17, 15) is 14.4 Å². The third kappa shape index (κ3) is 3.55. The Morgan fingerprint density at radius 1 is 0.852 bits per heavy atom. The zero-order chi connectivity index (χ0) is 19.6. The van der Waals surface area contributed by atoms with E-state index in [-0.39, 0.29) is 16.7 Å². The Morgan fingerprint density at radius 2 is 1.41 bits per heavy atom. The number of carbonyl (C=O) groups is 3. The maximum atomic E-state index is 12.1. The number of azo groups is 1. The lowest BCUT2D eigenvalue weighted by molar-refractivity contribution is 0.0555. The van der Waals surface area contributed by atoms with Crippen LogP contribution in [-0.2, 0) is 22.3 Å². The molecule has 0 spiro atoms. The van der Waals surface area contributed by atoms with Crippen molar-refractivity contribution in [3.05, 3.63) is 58.1 Å². The molecule has 138 valence electrons. The fourth-order valence-corrected chi connectivity index (χ4v) is 2.86. The van der Waals surface area contributed by atoms with Crippen molar-refractivity contribution in [2.24, 2.45) is 10.2 Å². The zero-order valence-electron chi connectivity index (χ0n) is 14.7. The summed E-state index contributed by atoms with van der Waals surface area (Å²) in [6, 6.07) is 7.66. The van der Waals surface area contributed by atoms with Crippen LogP contribution in [0.5, 0.6) is 0 Å². The molecule has 0 atom stereocenters. The first-order valence-corrected chi connectivity index (χ1v) is 8.06. The number of carbonyl (C=O) groups excluding carboxylic acids is 2. The third-order valence-electron chi connectivity index (χ3n) is 4.29. The summed E-state index contributed by atoms with van der Waals surface area (Å²) < 4.78 is 9.49. The molecule has 0 aliphatic carbocycles. The molecule has 27 heavy (non-hydrogen) atoms. The Hall–Kier alpha value is -3.55. The van der Waals surface area contributed by atoms with E-state index in [0.29, 0.717) is 24.2 Å². The number of fused-ring (bicyclic) bond motifs is 2. The Kier molecular flexibility index (Phi) is 4.98. The molecular formula is C19H16N2O6. The lowest BCUT2D eigenvalue weighted by Crippen LogP contribution is -2.13. The third-order valence-corrected chi connectivity index (χ3v) is 4.29. The Labute approximate surface area is 154 Å². The number of nitrogens with zero attached hydrogens (tertiary/aromatic N) is 2. The van der Waals surface area contributed by atoms with Crippen LogP contribution in [0, 0.1) is 0 Å². The van der Waals surface area contributed by atoms with E-state index in [1.807, 2.05) is 0 Å². The summed E-state index contributed by atoms with van der Waals surface area (Å²) in [4.78, 5) is 35.3. The van der Waals surface area contributed by atoms with Crippen molar-refractivity contribution in [2.45, 2.75) is 12.8 Å². The van der Waals surface area contributed by atoms with E-state index in [0.717, 1.165) is 11.1 Å². The summed E-state index contributed by atoms with van der Waals surface area (Å²) in [6.45, 7) is 0. The van der Waals surface area contributed by atoms with Gasteiger partial charge in [-0.2, -0.15) is 10.2 Å². The Bertz CT molecular complexity index is 980. The number of benzene rings is 2. The molecule has 1 heterocycles. The molecule has 1 aliphatic heterocycles. The second-order valence-electron chi connectivity index (χ2n) is 5.86. The highest BCUT2D eigenvalue weighted by Crippen LogP contribution is 2.33. The highest BCUT2D eigenvalue weighted by Gasteiger charge is 2.22. The number of hydrogen-bond donors (Lipinski definition) is 1. The van der Waals surface area contributed by atoms with Gasteiger partial charge in [-0.05, 0) is 48.2 Å². The van der Waals surface area contributed by atoms with Crippen molar-refractivity contribution in [1.82, 2.24) is 0 Å². The monoisotopic (exact) mass is 368 g/mol. The highest BCUT2D eigenvalue weighted by atomic mass is 16.5. The first-order valence-electron chi connectivity index (χ1n) is 8.06. The summed E-state index contributed by atoms with van der Waals surface area (Å²) in [7, 11) is 2.45. The van der Waals surface area contributed by atoms with Gasteiger partial charge in [0.25, 0.3) is 0 Å². The molecule has 0 saturated heterocycles. The summed E-state index contributed by atoms with van der Waals surface area (Å²) in [5, 5.41) is 17.4. The standard InChI is InChI=1S/C19H16N2O6/c1-26-18(24)13-7-11-5-3-10-4-6-12(17(22)23)8-15(10)20-21-16(11)9-14(13)19(25)27-2/h4,6-9H,3,5H2,1-2H3,(H,22,23)/b21-20-. The van der Waals surface area contributed by atoms with Crippen molar-refractivity contribution < 1.29 is 29.0 Å². The van der Waals surface area contributed by atoms with Crippen LogP contribution in [0.2, 0.25) is 0 Å². The summed E-state index contributed by atoms with van der Waals surface area (Å²) in [6.07, 6.45) is 1.10. The van der Waals surface area contributed by atoms with Gasteiger partial charge in [0, 0.05) is 0 Å². The zero-order valence-corrected chi connectivity index (χ0v) is 14.7. The molecule has 8 heteroatoms. The lowest BCUT2D eigenvalue weighted by atomic mass is 9.96. The number of aromatic carboxylic acids is 1. The number of esters is 2. The van der Waals surface area contributed by atoms with Crippen LogP contribution in [0.15, 0.2) is 40.6 Å². The second-order valence-corrected chi connectivity index (χ2v) is 5.86. The first-order chi connectivity index (χ1) is 12.9. The number of hydrogen-bond acceptors (Lipinski definition) is 7. The minimum absolute atomic E-state index is 0.0298. The molecule has 1 N–H and O–H groups in total. The average molecular weight is 368 g/mol. The topological polar surface area (TPSA) is 115 Å². The van der Waals surface area contributed by atoms with Gasteiger partial charge in [0.1, 0.15) is 0 Å². The number of carboxylic acids is 1. The van der Waals surface area contributed by atoms with Crippen LogP contribution in [0.1, 0.15) is 42.2 Å². The smallest absolute Gasteiger partial charge is 0.338 e. The van der Waals surface area contributed by atoms with Gasteiger partial charge in [-0.3, -0.25) is 0 Å². The molecule has 0 bridgehead atoms. The summed E-state index contributed by atoms with van der Waals surface area (Å²) >= 11 is 0. The molecule has 0 radical (unpaired) electrons. The van der Waals surface area contributed by atoms with Crippen LogP contribution >= 0.6 is 0 Å². The Morgan fingerprint density at radius 3 is 2.00 bits per heavy atom. The normalized spacial score (nSPS) is 13.4. The van der Waals surface area contributed by atoms with Crippen molar-refractivity contribution >= 4 is 29.3 Å². The van der Waals surface area contributed by atoms with Gasteiger partial charge in [0.15, 0.2) is 0 Å². The number of rotatable bonds is 3. The molecule has 2 aromatic rings. The number of carboxylic acid groups (broad SMARTS) is 1. The maximum Gasteiger partial charge on any atom is 0.338 e. The molecule has 8 nitrogen and oxygen atoms in total. The minimum atomic E-state index is -1.05. The summed E-state index contributed by atoms with van der Waals surface area (Å²) in [5.41, 5.74) is 2.67. The fraction of sp³-hybridized carbons (Fsp3) is 0.211. The molecule has 0 amide bonds. The second kappa shape index (κ2) is 7.36. The van der Waals surface area contributed by atoms with Gasteiger partial charge in [-0.15, -0.1) is 0 Å². The predicted octanol–water partition coefficient (Wildman–Crippen LogP) is 3.47. The van der Waals surface area contributed by atoms with E-state index < -0.39 is 17.9 Å². The summed E-state index contributed by atoms with van der Waals surface area (Å²) in [5.74, 6) is -2.39. The molecule has 0 saturated carbocycles. The van der Waals surface area contributed by atoms with E-state index in [1.54, 1.807) is 12.1 Å². The SMILES string of the molecule is COC(=O)c1cc2c(cc1C(=O)OC)/N=N\c1cc(C(=O)O)ccc1CC2. The van der Waals surface area contributed by atoms with E-state index in [1.165, 1.54) is 32.4 Å². The van der Waals surface area contributed by atoms with E-state index >= 15 is 0 Å². The number of ether oxygens (including phenoxy) is 2. The molecule has 0 fully saturated rings. The molecule has 0 aromatic heterocycles. The van der Waals surface area contributed by atoms with Crippen LogP contribution in [0.3, 0.4) is 0 Å². The van der Waals surface area contributed by atoms with Gasteiger partial charge >= 0.3 is 17.9 Å². The van der Waals surface area contributed by atoms with Gasteiger partial charge in [0.05, 0.1) is 42.3 Å². The van der Waals surface area contributed by atoms with Gasteiger partial charge in [-0.1, -0.05) is 6.07 Å². The van der Waals surface area contributed by atoms with Gasteiger partial charge in [-0.25, -0.2) is 14.4 Å². The fourth-order valence-electron chi connectivity index (χ4n) is 2.86. The highest BCUT2D eigenvalue weighted by molar-refractivity contribution is 6.04. The maximum absolute atomic E-state index is 12.1. The molecule has 1 aliphatic rings. The van der Waals surface area contributed by atoms with Gasteiger partial charge in [0.2, 0.25) is 0 Å². The van der Waals surface area contributed by atoms with Crippen molar-refractivity contribution in [3.63, 3.8) is 0 Å². The lowest BCUT2D eigenvalue weighted by Gasteiger charge is -2.14. The molecule has 0 unspecified atom stereocenters. The minimum Gasteiger partial charge on any atom is -0.478 e.